The topological polar surface area (TPSA) is 24.1 Å². The van der Waals surface area contributed by atoms with Crippen LogP contribution in [0.2, 0.25) is 5.04 Å². The van der Waals surface area contributed by atoms with Crippen molar-refractivity contribution in [2.75, 3.05) is 0 Å². The standard InChI is InChI=1S/C13H30N2Si/c1-10(2)14-12(15-11(3)4)13(16)8-6-5-7-9-13/h10-12,14-15H,5-9H2,1-4,16H3. The quantitative estimate of drug-likeness (QED) is 0.567. The van der Waals surface area contributed by atoms with Gasteiger partial charge in [-0.25, -0.2) is 0 Å². The third-order valence-corrected chi connectivity index (χ3v) is 5.27. The summed E-state index contributed by atoms with van der Waals surface area (Å²) < 4.78 is 0. The van der Waals surface area contributed by atoms with E-state index < -0.39 is 0 Å². The Morgan fingerprint density at radius 2 is 1.31 bits per heavy atom. The predicted molar refractivity (Wildman–Crippen MR) is 76.0 cm³/mol. The van der Waals surface area contributed by atoms with Crippen molar-refractivity contribution in [2.24, 2.45) is 0 Å². The van der Waals surface area contributed by atoms with Gasteiger partial charge in [-0.05, 0) is 45.6 Å². The molecule has 1 aliphatic rings. The van der Waals surface area contributed by atoms with Crippen LogP contribution in [0, 0.1) is 0 Å². The van der Waals surface area contributed by atoms with Crippen molar-refractivity contribution in [3.05, 3.63) is 0 Å². The van der Waals surface area contributed by atoms with Crippen molar-refractivity contribution in [3.8, 4) is 0 Å². The Morgan fingerprint density at radius 1 is 0.875 bits per heavy atom. The van der Waals surface area contributed by atoms with Crippen LogP contribution in [0.3, 0.4) is 0 Å². The molecule has 0 atom stereocenters. The molecule has 0 aliphatic heterocycles. The molecule has 1 rings (SSSR count). The Balaban J connectivity index is 2.64. The Kier molecular flexibility index (Phi) is 5.48. The van der Waals surface area contributed by atoms with Gasteiger partial charge in [-0.2, -0.15) is 0 Å². The fourth-order valence-corrected chi connectivity index (χ4v) is 3.81. The van der Waals surface area contributed by atoms with Crippen LogP contribution in [0.15, 0.2) is 0 Å². The van der Waals surface area contributed by atoms with Gasteiger partial charge in [0, 0.05) is 22.3 Å². The first-order chi connectivity index (χ1) is 7.44. The molecule has 1 fully saturated rings. The minimum absolute atomic E-state index is 0.527. The molecule has 2 N–H and O–H groups in total. The Labute approximate surface area is 104 Å². The Hall–Kier alpha value is 0.137. The second kappa shape index (κ2) is 6.17. The summed E-state index contributed by atoms with van der Waals surface area (Å²) in [5.41, 5.74) is 0. The summed E-state index contributed by atoms with van der Waals surface area (Å²) in [6, 6.07) is 1.15. The predicted octanol–water partition coefficient (Wildman–Crippen LogP) is 1.80. The van der Waals surface area contributed by atoms with E-state index in [1.54, 1.807) is 0 Å². The smallest absolute Gasteiger partial charge is 0.0599 e. The van der Waals surface area contributed by atoms with Crippen molar-refractivity contribution in [2.45, 2.75) is 83.1 Å². The van der Waals surface area contributed by atoms with E-state index in [4.69, 9.17) is 0 Å². The van der Waals surface area contributed by atoms with Crippen LogP contribution >= 0.6 is 0 Å². The number of hydrogen-bond donors (Lipinski definition) is 2. The molecule has 0 radical (unpaired) electrons. The van der Waals surface area contributed by atoms with Gasteiger partial charge >= 0.3 is 0 Å². The Bertz CT molecular complexity index is 188. The highest BCUT2D eigenvalue weighted by Gasteiger charge is 2.35. The van der Waals surface area contributed by atoms with Crippen LogP contribution in [-0.4, -0.2) is 28.5 Å². The highest BCUT2D eigenvalue weighted by atomic mass is 28.1. The van der Waals surface area contributed by atoms with Crippen LogP contribution in [0.4, 0.5) is 0 Å². The van der Waals surface area contributed by atoms with E-state index in [1.807, 2.05) is 0 Å². The third-order valence-electron chi connectivity index (χ3n) is 3.69. The van der Waals surface area contributed by atoms with Gasteiger partial charge in [-0.15, -0.1) is 0 Å². The van der Waals surface area contributed by atoms with Gasteiger partial charge in [0.25, 0.3) is 0 Å². The van der Waals surface area contributed by atoms with Crippen LogP contribution in [-0.2, 0) is 0 Å². The lowest BCUT2D eigenvalue weighted by Gasteiger charge is -2.43. The van der Waals surface area contributed by atoms with Crippen molar-refractivity contribution < 1.29 is 0 Å². The normalized spacial score (nSPS) is 21.2. The lowest BCUT2D eigenvalue weighted by Crippen LogP contribution is -2.55. The van der Waals surface area contributed by atoms with Crippen molar-refractivity contribution in [3.63, 3.8) is 0 Å². The zero-order chi connectivity index (χ0) is 12.2. The van der Waals surface area contributed by atoms with Crippen molar-refractivity contribution in [1.82, 2.24) is 10.6 Å². The molecule has 3 heteroatoms. The fourth-order valence-electron chi connectivity index (χ4n) is 2.77. The van der Waals surface area contributed by atoms with Gasteiger partial charge in [0.05, 0.1) is 6.17 Å². The average molecular weight is 242 g/mol. The zero-order valence-corrected chi connectivity index (χ0v) is 13.8. The molecular weight excluding hydrogens is 212 g/mol. The molecule has 2 nitrogen and oxygen atoms in total. The highest BCUT2D eigenvalue weighted by Crippen LogP contribution is 2.42. The van der Waals surface area contributed by atoms with Crippen molar-refractivity contribution >= 4 is 10.2 Å². The monoisotopic (exact) mass is 242 g/mol. The van der Waals surface area contributed by atoms with E-state index in [2.05, 4.69) is 38.3 Å². The van der Waals surface area contributed by atoms with Crippen molar-refractivity contribution in [1.29, 1.82) is 0 Å². The van der Waals surface area contributed by atoms with Crippen LogP contribution in [0.25, 0.3) is 0 Å². The molecule has 96 valence electrons. The molecular formula is C13H30N2Si. The van der Waals surface area contributed by atoms with E-state index in [-0.39, 0.29) is 0 Å². The first-order valence-corrected chi connectivity index (χ1v) is 7.96. The maximum Gasteiger partial charge on any atom is 0.0599 e. The van der Waals surface area contributed by atoms with E-state index in [0.717, 1.165) is 0 Å². The van der Waals surface area contributed by atoms with Gasteiger partial charge in [0.15, 0.2) is 0 Å². The molecule has 0 spiro atoms. The van der Waals surface area contributed by atoms with Gasteiger partial charge < -0.3 is 0 Å². The second-order valence-electron chi connectivity index (χ2n) is 6.29. The van der Waals surface area contributed by atoms with Gasteiger partial charge in [-0.1, -0.05) is 19.3 Å². The van der Waals surface area contributed by atoms with E-state index in [1.165, 1.54) is 42.3 Å². The third kappa shape index (κ3) is 4.19. The SMILES string of the molecule is CC(C)NC(NC(C)C)C1([SiH3])CCCCC1. The first-order valence-electron chi connectivity index (χ1n) is 6.96. The maximum absolute atomic E-state index is 3.74. The molecule has 1 saturated carbocycles. The largest absolute Gasteiger partial charge is 0.299 e. The summed E-state index contributed by atoms with van der Waals surface area (Å²) in [7, 11) is 1.30. The van der Waals surface area contributed by atoms with E-state index in [0.29, 0.717) is 23.3 Å². The summed E-state index contributed by atoms with van der Waals surface area (Å²) in [6.07, 6.45) is 7.67. The maximum atomic E-state index is 3.74. The van der Waals surface area contributed by atoms with E-state index >= 15 is 0 Å². The summed E-state index contributed by atoms with van der Waals surface area (Å²) in [6.45, 7) is 9.01. The molecule has 0 aromatic rings. The Morgan fingerprint density at radius 3 is 1.69 bits per heavy atom. The lowest BCUT2D eigenvalue weighted by atomic mass is 9.85. The molecule has 1 aliphatic carbocycles. The zero-order valence-electron chi connectivity index (χ0n) is 11.8. The van der Waals surface area contributed by atoms with Gasteiger partial charge in [0.2, 0.25) is 0 Å². The fraction of sp³-hybridized carbons (Fsp3) is 1.00. The molecule has 0 amide bonds. The molecule has 0 aromatic carbocycles. The second-order valence-corrected chi connectivity index (χ2v) is 8.28. The van der Waals surface area contributed by atoms with Gasteiger partial charge in [0.1, 0.15) is 0 Å². The molecule has 0 heterocycles. The molecule has 0 bridgehead atoms. The summed E-state index contributed by atoms with van der Waals surface area (Å²) in [4.78, 5) is 0. The molecule has 0 aromatic heterocycles. The van der Waals surface area contributed by atoms with Crippen LogP contribution in [0.1, 0.15) is 59.8 Å². The van der Waals surface area contributed by atoms with Crippen LogP contribution in [0.5, 0.6) is 0 Å². The minimum atomic E-state index is 0.527. The average Bonchev–Trinajstić information content (AvgIpc) is 2.16. The minimum Gasteiger partial charge on any atom is -0.299 e. The first kappa shape index (κ1) is 14.2. The number of hydrogen-bond acceptors (Lipinski definition) is 2. The molecule has 16 heavy (non-hydrogen) atoms. The summed E-state index contributed by atoms with van der Waals surface area (Å²) in [5, 5.41) is 8.07. The summed E-state index contributed by atoms with van der Waals surface area (Å²) >= 11 is 0. The lowest BCUT2D eigenvalue weighted by molar-refractivity contribution is 0.229. The number of nitrogens with one attached hydrogen (secondary N) is 2. The molecule has 0 unspecified atom stereocenters. The van der Waals surface area contributed by atoms with E-state index in [9.17, 15) is 0 Å². The summed E-state index contributed by atoms with van der Waals surface area (Å²) in [5.74, 6) is 0. The molecule has 0 saturated heterocycles. The highest BCUT2D eigenvalue weighted by molar-refractivity contribution is 6.15. The number of rotatable bonds is 5. The van der Waals surface area contributed by atoms with Gasteiger partial charge in [-0.3, -0.25) is 10.6 Å². The van der Waals surface area contributed by atoms with Crippen LogP contribution < -0.4 is 10.6 Å².